The minimum atomic E-state index is 0.365. The van der Waals surface area contributed by atoms with Gasteiger partial charge in [-0.3, -0.25) is 0 Å². The fraction of sp³-hybridized carbons (Fsp3) is 0.692. The zero-order chi connectivity index (χ0) is 13.4. The molecule has 1 aromatic heterocycles. The van der Waals surface area contributed by atoms with Gasteiger partial charge in [-0.1, -0.05) is 13.8 Å². The number of hydrogen-bond donors (Lipinski definition) is 1. The monoisotopic (exact) mass is 253 g/mol. The molecule has 0 fully saturated rings. The fourth-order valence-electron chi connectivity index (χ4n) is 1.49. The van der Waals surface area contributed by atoms with Crippen LogP contribution in [0, 0.1) is 5.92 Å². The average Bonchev–Trinajstić information content (AvgIpc) is 2.31. The molecule has 0 aliphatic carbocycles. The van der Waals surface area contributed by atoms with Gasteiger partial charge in [0, 0.05) is 12.7 Å². The van der Waals surface area contributed by atoms with Gasteiger partial charge in [0.25, 0.3) is 0 Å². The van der Waals surface area contributed by atoms with Gasteiger partial charge in [0.1, 0.15) is 12.4 Å². The molecule has 1 aromatic rings. The van der Waals surface area contributed by atoms with E-state index < -0.39 is 0 Å². The van der Waals surface area contributed by atoms with Crippen LogP contribution < -0.4 is 10.5 Å². The molecule has 102 valence electrons. The van der Waals surface area contributed by atoms with Gasteiger partial charge in [0.2, 0.25) is 5.88 Å². The Kier molecular flexibility index (Phi) is 6.43. The van der Waals surface area contributed by atoms with Gasteiger partial charge in [-0.25, -0.2) is 4.98 Å². The molecule has 0 aliphatic heterocycles. The molecule has 1 rings (SSSR count). The van der Waals surface area contributed by atoms with E-state index in [1.54, 1.807) is 6.07 Å². The summed E-state index contributed by atoms with van der Waals surface area (Å²) >= 11 is 0. The topological polar surface area (TPSA) is 70.3 Å². The standard InChI is InChI=1S/C13H23N3O2/c1-4-17-9-12-15-11(14)8-13(16-12)18-7-5-6-10(2)3/h8,10H,4-7,9H2,1-3H3,(H2,14,15,16). The highest BCUT2D eigenvalue weighted by Gasteiger charge is 2.04. The minimum Gasteiger partial charge on any atom is -0.478 e. The zero-order valence-corrected chi connectivity index (χ0v) is 11.5. The van der Waals surface area contributed by atoms with Gasteiger partial charge < -0.3 is 15.2 Å². The molecule has 0 bridgehead atoms. The van der Waals surface area contributed by atoms with Crippen LogP contribution in [-0.2, 0) is 11.3 Å². The lowest BCUT2D eigenvalue weighted by molar-refractivity contribution is 0.127. The maximum Gasteiger partial charge on any atom is 0.218 e. The van der Waals surface area contributed by atoms with E-state index in [0.717, 1.165) is 12.8 Å². The van der Waals surface area contributed by atoms with Crippen molar-refractivity contribution in [1.29, 1.82) is 0 Å². The Morgan fingerprint density at radius 3 is 2.78 bits per heavy atom. The molecular formula is C13H23N3O2. The van der Waals surface area contributed by atoms with Crippen molar-refractivity contribution >= 4 is 5.82 Å². The summed E-state index contributed by atoms with van der Waals surface area (Å²) in [6.07, 6.45) is 2.16. The van der Waals surface area contributed by atoms with Crippen LogP contribution in [-0.4, -0.2) is 23.2 Å². The molecular weight excluding hydrogens is 230 g/mol. The predicted molar refractivity (Wildman–Crippen MR) is 71.3 cm³/mol. The second-order valence-corrected chi connectivity index (χ2v) is 4.57. The van der Waals surface area contributed by atoms with E-state index in [9.17, 15) is 0 Å². The third-order valence-electron chi connectivity index (χ3n) is 2.38. The van der Waals surface area contributed by atoms with Gasteiger partial charge in [-0.2, -0.15) is 4.98 Å². The predicted octanol–water partition coefficient (Wildman–Crippen LogP) is 2.41. The summed E-state index contributed by atoms with van der Waals surface area (Å²) in [5.41, 5.74) is 5.70. The molecule has 0 saturated heterocycles. The molecule has 5 heteroatoms. The largest absolute Gasteiger partial charge is 0.478 e. The van der Waals surface area contributed by atoms with Crippen LogP contribution in [0.4, 0.5) is 5.82 Å². The molecule has 0 unspecified atom stereocenters. The van der Waals surface area contributed by atoms with E-state index in [4.69, 9.17) is 15.2 Å². The number of hydrogen-bond acceptors (Lipinski definition) is 5. The third-order valence-corrected chi connectivity index (χ3v) is 2.38. The van der Waals surface area contributed by atoms with Crippen molar-refractivity contribution in [3.05, 3.63) is 11.9 Å². The van der Waals surface area contributed by atoms with Crippen molar-refractivity contribution in [2.45, 2.75) is 40.2 Å². The van der Waals surface area contributed by atoms with Crippen molar-refractivity contribution < 1.29 is 9.47 Å². The van der Waals surface area contributed by atoms with Gasteiger partial charge in [0.15, 0.2) is 5.82 Å². The van der Waals surface area contributed by atoms with E-state index in [2.05, 4.69) is 23.8 Å². The Labute approximate surface area is 109 Å². The first kappa shape index (κ1) is 14.7. The highest BCUT2D eigenvalue weighted by Crippen LogP contribution is 2.13. The van der Waals surface area contributed by atoms with Crippen molar-refractivity contribution in [2.75, 3.05) is 18.9 Å². The molecule has 0 spiro atoms. The van der Waals surface area contributed by atoms with E-state index in [0.29, 0.717) is 43.3 Å². The van der Waals surface area contributed by atoms with Crippen molar-refractivity contribution in [2.24, 2.45) is 5.92 Å². The van der Waals surface area contributed by atoms with Crippen LogP contribution in [0.2, 0.25) is 0 Å². The second-order valence-electron chi connectivity index (χ2n) is 4.57. The number of nitrogen functional groups attached to an aromatic ring is 1. The summed E-state index contributed by atoms with van der Waals surface area (Å²) in [6, 6.07) is 1.64. The molecule has 18 heavy (non-hydrogen) atoms. The van der Waals surface area contributed by atoms with E-state index in [-0.39, 0.29) is 0 Å². The third kappa shape index (κ3) is 5.82. The minimum absolute atomic E-state index is 0.365. The Morgan fingerprint density at radius 1 is 1.33 bits per heavy atom. The SMILES string of the molecule is CCOCc1nc(N)cc(OCCCC(C)C)n1. The van der Waals surface area contributed by atoms with Crippen LogP contribution >= 0.6 is 0 Å². The number of ether oxygens (including phenoxy) is 2. The Balaban J connectivity index is 2.46. The smallest absolute Gasteiger partial charge is 0.218 e. The highest BCUT2D eigenvalue weighted by atomic mass is 16.5. The summed E-state index contributed by atoms with van der Waals surface area (Å²) in [7, 11) is 0. The first-order valence-corrected chi connectivity index (χ1v) is 6.45. The van der Waals surface area contributed by atoms with E-state index in [1.807, 2.05) is 6.92 Å². The molecule has 0 amide bonds. The lowest BCUT2D eigenvalue weighted by Crippen LogP contribution is -2.06. The molecule has 2 N–H and O–H groups in total. The van der Waals surface area contributed by atoms with Gasteiger partial charge in [-0.15, -0.1) is 0 Å². The normalized spacial score (nSPS) is 10.9. The summed E-state index contributed by atoms with van der Waals surface area (Å²) in [4.78, 5) is 8.34. The number of aromatic nitrogens is 2. The summed E-state index contributed by atoms with van der Waals surface area (Å²) < 4.78 is 10.8. The molecule has 5 nitrogen and oxygen atoms in total. The quantitative estimate of drug-likeness (QED) is 0.720. The number of rotatable bonds is 8. The van der Waals surface area contributed by atoms with Gasteiger partial charge in [0.05, 0.1) is 6.61 Å². The highest BCUT2D eigenvalue weighted by molar-refractivity contribution is 5.32. The first-order valence-electron chi connectivity index (χ1n) is 6.45. The summed E-state index contributed by atoms with van der Waals surface area (Å²) in [6.45, 7) is 7.97. The van der Waals surface area contributed by atoms with Gasteiger partial charge >= 0.3 is 0 Å². The second kappa shape index (κ2) is 7.87. The van der Waals surface area contributed by atoms with Crippen LogP contribution in [0.25, 0.3) is 0 Å². The average molecular weight is 253 g/mol. The van der Waals surface area contributed by atoms with Crippen LogP contribution in [0.15, 0.2) is 6.07 Å². The molecule has 0 radical (unpaired) electrons. The lowest BCUT2D eigenvalue weighted by Gasteiger charge is -2.09. The molecule has 1 heterocycles. The molecule has 0 aromatic carbocycles. The maximum absolute atomic E-state index is 5.70. The zero-order valence-electron chi connectivity index (χ0n) is 11.5. The maximum atomic E-state index is 5.70. The Bertz CT molecular complexity index is 356. The fourth-order valence-corrected chi connectivity index (χ4v) is 1.49. The van der Waals surface area contributed by atoms with Crippen molar-refractivity contribution in [1.82, 2.24) is 9.97 Å². The molecule has 0 aliphatic rings. The first-order chi connectivity index (χ1) is 8.61. The van der Waals surface area contributed by atoms with Crippen LogP contribution in [0.3, 0.4) is 0 Å². The van der Waals surface area contributed by atoms with Crippen LogP contribution in [0.1, 0.15) is 39.4 Å². The number of anilines is 1. The van der Waals surface area contributed by atoms with Gasteiger partial charge in [-0.05, 0) is 25.7 Å². The number of nitrogens with zero attached hydrogens (tertiary/aromatic N) is 2. The lowest BCUT2D eigenvalue weighted by atomic mass is 10.1. The molecule has 0 atom stereocenters. The van der Waals surface area contributed by atoms with E-state index in [1.165, 1.54) is 0 Å². The van der Waals surface area contributed by atoms with Crippen molar-refractivity contribution in [3.63, 3.8) is 0 Å². The number of nitrogens with two attached hydrogens (primary N) is 1. The van der Waals surface area contributed by atoms with Crippen molar-refractivity contribution in [3.8, 4) is 5.88 Å². The summed E-state index contributed by atoms with van der Waals surface area (Å²) in [5.74, 6) is 2.20. The Morgan fingerprint density at radius 2 is 2.11 bits per heavy atom. The Hall–Kier alpha value is -1.36. The van der Waals surface area contributed by atoms with E-state index >= 15 is 0 Å². The summed E-state index contributed by atoms with van der Waals surface area (Å²) in [5, 5.41) is 0. The molecule has 0 saturated carbocycles. The van der Waals surface area contributed by atoms with Crippen LogP contribution in [0.5, 0.6) is 5.88 Å².